The third kappa shape index (κ3) is 4.16. The van der Waals surface area contributed by atoms with E-state index in [-0.39, 0.29) is 18.2 Å². The first-order chi connectivity index (χ1) is 12.8. The minimum Gasteiger partial charge on any atom is -0.481 e. The molecule has 1 fully saturated rings. The first kappa shape index (κ1) is 19.4. The molecule has 4 nitrogen and oxygen atoms in total. The number of halogens is 1. The fraction of sp³-hybridized carbons (Fsp3) is 0.364. The third-order valence-electron chi connectivity index (χ3n) is 5.46. The number of carboxylic acids is 1. The van der Waals surface area contributed by atoms with Crippen LogP contribution in [0.1, 0.15) is 42.4 Å². The number of hydrogen-bond acceptors (Lipinski definition) is 2. The Bertz CT molecular complexity index is 849. The highest BCUT2D eigenvalue weighted by Crippen LogP contribution is 2.35. The largest absolute Gasteiger partial charge is 0.481 e. The predicted octanol–water partition coefficient (Wildman–Crippen LogP) is 4.40. The van der Waals surface area contributed by atoms with Crippen LogP contribution in [0.4, 0.5) is 0 Å². The second kappa shape index (κ2) is 7.73. The molecule has 2 aromatic carbocycles. The number of nitrogens with zero attached hydrogens (tertiary/aromatic N) is 1. The first-order valence-electron chi connectivity index (χ1n) is 9.13. The van der Waals surface area contributed by atoms with Crippen LogP contribution in [0.2, 0.25) is 5.02 Å². The van der Waals surface area contributed by atoms with Gasteiger partial charge in [-0.1, -0.05) is 53.6 Å². The Hall–Kier alpha value is -2.33. The zero-order chi connectivity index (χ0) is 19.6. The van der Waals surface area contributed by atoms with Crippen LogP contribution in [0.5, 0.6) is 0 Å². The summed E-state index contributed by atoms with van der Waals surface area (Å²) < 4.78 is 0. The van der Waals surface area contributed by atoms with Gasteiger partial charge in [0, 0.05) is 24.0 Å². The van der Waals surface area contributed by atoms with Crippen LogP contribution in [0, 0.1) is 6.92 Å². The van der Waals surface area contributed by atoms with Crippen molar-refractivity contribution in [3.63, 3.8) is 0 Å². The summed E-state index contributed by atoms with van der Waals surface area (Å²) in [5, 5.41) is 10.1. The maximum atomic E-state index is 13.4. The summed E-state index contributed by atoms with van der Waals surface area (Å²) in [5.74, 6) is -0.880. The Morgan fingerprint density at radius 2 is 1.93 bits per heavy atom. The van der Waals surface area contributed by atoms with Crippen LogP contribution >= 0.6 is 11.6 Å². The zero-order valence-corrected chi connectivity index (χ0v) is 16.4. The maximum Gasteiger partial charge on any atom is 0.304 e. The van der Waals surface area contributed by atoms with Crippen LogP contribution in [0.3, 0.4) is 0 Å². The smallest absolute Gasteiger partial charge is 0.304 e. The second-order valence-electron chi connectivity index (χ2n) is 7.56. The summed E-state index contributed by atoms with van der Waals surface area (Å²) in [7, 11) is 0. The molecule has 1 N–H and O–H groups in total. The number of likely N-dealkylation sites (tertiary alicyclic amines) is 1. The number of aliphatic carboxylic acids is 1. The number of amides is 1. The molecule has 0 bridgehead atoms. The lowest BCUT2D eigenvalue weighted by atomic mass is 9.78. The summed E-state index contributed by atoms with van der Waals surface area (Å²) in [5.41, 5.74) is 1.86. The Labute approximate surface area is 164 Å². The van der Waals surface area contributed by atoms with Gasteiger partial charge in [-0.2, -0.15) is 0 Å². The normalized spacial score (nSPS) is 18.9. The average Bonchev–Trinajstić information content (AvgIpc) is 3.11. The van der Waals surface area contributed by atoms with E-state index in [4.69, 9.17) is 11.6 Å². The molecule has 0 spiro atoms. The van der Waals surface area contributed by atoms with Crippen molar-refractivity contribution in [2.45, 2.75) is 38.0 Å². The molecular formula is C22H24ClNO3. The molecule has 2 unspecified atom stereocenters. The van der Waals surface area contributed by atoms with E-state index in [1.165, 1.54) is 0 Å². The van der Waals surface area contributed by atoms with Gasteiger partial charge in [-0.3, -0.25) is 9.59 Å². The summed E-state index contributed by atoms with van der Waals surface area (Å²) in [6.07, 6.45) is 0.621. The van der Waals surface area contributed by atoms with E-state index < -0.39 is 11.4 Å². The van der Waals surface area contributed by atoms with Crippen molar-refractivity contribution in [1.82, 2.24) is 4.90 Å². The van der Waals surface area contributed by atoms with Crippen molar-refractivity contribution >= 4 is 23.5 Å². The third-order valence-corrected chi connectivity index (χ3v) is 5.70. The van der Waals surface area contributed by atoms with Gasteiger partial charge in [-0.25, -0.2) is 0 Å². The monoisotopic (exact) mass is 385 g/mol. The number of benzene rings is 2. The first-order valence-corrected chi connectivity index (χ1v) is 9.51. The Morgan fingerprint density at radius 3 is 2.56 bits per heavy atom. The molecule has 0 radical (unpaired) electrons. The van der Waals surface area contributed by atoms with Crippen molar-refractivity contribution < 1.29 is 14.7 Å². The lowest BCUT2D eigenvalue weighted by Crippen LogP contribution is -2.45. The van der Waals surface area contributed by atoms with E-state index in [0.717, 1.165) is 23.1 Å². The maximum absolute atomic E-state index is 13.4. The Kier molecular flexibility index (Phi) is 5.56. The molecule has 1 saturated heterocycles. The van der Waals surface area contributed by atoms with Gasteiger partial charge in [0.25, 0.3) is 0 Å². The average molecular weight is 386 g/mol. The molecule has 142 valence electrons. The Morgan fingerprint density at radius 1 is 1.22 bits per heavy atom. The van der Waals surface area contributed by atoms with Crippen LogP contribution in [0.15, 0.2) is 48.5 Å². The molecule has 5 heteroatoms. The van der Waals surface area contributed by atoms with Gasteiger partial charge in [0.15, 0.2) is 0 Å². The van der Waals surface area contributed by atoms with E-state index in [1.54, 1.807) is 11.8 Å². The minimum absolute atomic E-state index is 0.127. The van der Waals surface area contributed by atoms with Gasteiger partial charge in [0.1, 0.15) is 0 Å². The van der Waals surface area contributed by atoms with Gasteiger partial charge in [-0.05, 0) is 43.5 Å². The van der Waals surface area contributed by atoms with Crippen molar-refractivity contribution in [3.05, 3.63) is 70.2 Å². The minimum atomic E-state index is -1.08. The topological polar surface area (TPSA) is 57.6 Å². The van der Waals surface area contributed by atoms with Gasteiger partial charge in [0.05, 0.1) is 11.8 Å². The number of rotatable bonds is 5. The summed E-state index contributed by atoms with van der Waals surface area (Å²) in [4.78, 5) is 26.7. The van der Waals surface area contributed by atoms with Crippen molar-refractivity contribution in [2.24, 2.45) is 0 Å². The fourth-order valence-corrected chi connectivity index (χ4v) is 4.05. The van der Waals surface area contributed by atoms with E-state index in [9.17, 15) is 14.7 Å². The molecule has 1 heterocycles. The fourth-order valence-electron chi connectivity index (χ4n) is 3.85. The molecule has 1 amide bonds. The number of aryl methyl sites for hydroxylation is 1. The highest BCUT2D eigenvalue weighted by Gasteiger charge is 2.42. The molecule has 2 atom stereocenters. The predicted molar refractivity (Wildman–Crippen MR) is 106 cm³/mol. The van der Waals surface area contributed by atoms with Gasteiger partial charge >= 0.3 is 5.97 Å². The summed E-state index contributed by atoms with van der Waals surface area (Å²) in [6, 6.07) is 15.3. The Balaban J connectivity index is 1.84. The van der Waals surface area contributed by atoms with E-state index >= 15 is 0 Å². The van der Waals surface area contributed by atoms with Crippen molar-refractivity contribution in [1.29, 1.82) is 0 Å². The van der Waals surface area contributed by atoms with Crippen LogP contribution in [-0.2, 0) is 15.0 Å². The molecule has 3 rings (SSSR count). The molecular weight excluding hydrogens is 362 g/mol. The van der Waals surface area contributed by atoms with Crippen LogP contribution < -0.4 is 0 Å². The standard InChI is InChI=1S/C22H24ClNO3/c1-15-6-8-18(9-7-15)22(2,13-20(25)26)21(27)24-11-10-17(14-24)16-4-3-5-19(23)12-16/h3-9,12,17H,10-11,13-14H2,1-2H3,(H,25,26). The second-order valence-corrected chi connectivity index (χ2v) is 8.00. The molecule has 0 saturated carbocycles. The lowest BCUT2D eigenvalue weighted by molar-refractivity contribution is -0.145. The van der Waals surface area contributed by atoms with Crippen LogP contribution in [0.25, 0.3) is 0 Å². The number of hydrogen-bond donors (Lipinski definition) is 1. The highest BCUT2D eigenvalue weighted by molar-refractivity contribution is 6.30. The quantitative estimate of drug-likeness (QED) is 0.830. The molecule has 27 heavy (non-hydrogen) atoms. The number of carbonyl (C=O) groups excluding carboxylic acids is 1. The summed E-state index contributed by atoms with van der Waals surface area (Å²) >= 11 is 6.10. The summed E-state index contributed by atoms with van der Waals surface area (Å²) in [6.45, 7) is 4.91. The molecule has 0 aromatic heterocycles. The molecule has 1 aliphatic rings. The molecule has 1 aliphatic heterocycles. The number of carboxylic acid groups (broad SMARTS) is 1. The zero-order valence-electron chi connectivity index (χ0n) is 15.6. The number of carbonyl (C=O) groups is 2. The highest BCUT2D eigenvalue weighted by atomic mass is 35.5. The van der Waals surface area contributed by atoms with Gasteiger partial charge in [0.2, 0.25) is 5.91 Å². The van der Waals surface area contributed by atoms with E-state index in [0.29, 0.717) is 18.1 Å². The lowest BCUT2D eigenvalue weighted by Gasteiger charge is -2.32. The van der Waals surface area contributed by atoms with Crippen molar-refractivity contribution in [2.75, 3.05) is 13.1 Å². The van der Waals surface area contributed by atoms with Gasteiger partial charge in [-0.15, -0.1) is 0 Å². The van der Waals surface area contributed by atoms with Gasteiger partial charge < -0.3 is 10.0 Å². The SMILES string of the molecule is Cc1ccc(C(C)(CC(=O)O)C(=O)N2CCC(c3cccc(Cl)c3)C2)cc1. The van der Waals surface area contributed by atoms with Crippen LogP contribution in [-0.4, -0.2) is 35.0 Å². The van der Waals surface area contributed by atoms with Crippen molar-refractivity contribution in [3.8, 4) is 0 Å². The van der Waals surface area contributed by atoms with E-state index in [2.05, 4.69) is 0 Å². The molecule has 0 aliphatic carbocycles. The molecule has 2 aromatic rings. The van der Waals surface area contributed by atoms with E-state index in [1.807, 2.05) is 55.5 Å².